The summed E-state index contributed by atoms with van der Waals surface area (Å²) < 4.78 is 7.60. The first-order chi connectivity index (χ1) is 11.5. The highest BCUT2D eigenvalue weighted by atomic mass is 16.5. The maximum Gasteiger partial charge on any atom is 0.263 e. The zero-order valence-electron chi connectivity index (χ0n) is 15.2. The number of aryl methyl sites for hydroxylation is 1. The van der Waals surface area contributed by atoms with Gasteiger partial charge in [0.25, 0.3) is 5.56 Å². The van der Waals surface area contributed by atoms with Gasteiger partial charge in [0.05, 0.1) is 12.3 Å². The molecule has 1 fully saturated rings. The monoisotopic (exact) mass is 333 g/mol. The van der Waals surface area contributed by atoms with E-state index >= 15 is 0 Å². The molecular formula is C17H27N5O2. The maximum absolute atomic E-state index is 12.3. The summed E-state index contributed by atoms with van der Waals surface area (Å²) in [6, 6.07) is 0.304. The topological polar surface area (TPSA) is 76.0 Å². The van der Waals surface area contributed by atoms with E-state index < -0.39 is 0 Å². The van der Waals surface area contributed by atoms with Gasteiger partial charge in [-0.25, -0.2) is 0 Å². The van der Waals surface area contributed by atoms with Gasteiger partial charge in [-0.2, -0.15) is 10.1 Å². The molecule has 24 heavy (non-hydrogen) atoms. The predicted octanol–water partition coefficient (Wildman–Crippen LogP) is 2.08. The van der Waals surface area contributed by atoms with E-state index in [1.807, 2.05) is 14.0 Å². The van der Waals surface area contributed by atoms with E-state index in [9.17, 15) is 4.79 Å². The minimum Gasteiger partial charge on any atom is -0.378 e. The number of nitrogens with one attached hydrogen (secondary N) is 1. The lowest BCUT2D eigenvalue weighted by atomic mass is 9.58. The summed E-state index contributed by atoms with van der Waals surface area (Å²) in [4.78, 5) is 22.0. The molecule has 2 heterocycles. The molecule has 0 bridgehead atoms. The largest absolute Gasteiger partial charge is 0.378 e. The van der Waals surface area contributed by atoms with E-state index in [2.05, 4.69) is 33.8 Å². The van der Waals surface area contributed by atoms with Crippen molar-refractivity contribution in [2.24, 2.45) is 12.5 Å². The van der Waals surface area contributed by atoms with Crippen molar-refractivity contribution in [3.8, 4) is 0 Å². The van der Waals surface area contributed by atoms with Gasteiger partial charge in [-0.3, -0.25) is 14.5 Å². The number of aromatic nitrogens is 4. The van der Waals surface area contributed by atoms with Crippen molar-refractivity contribution in [3.63, 3.8) is 0 Å². The summed E-state index contributed by atoms with van der Waals surface area (Å²) in [7, 11) is 3.81. The SMILES string of the molecule is CCO[C@@H]1C[C@H](N(C)c2nc3c(cnn3C)c(=O)[nH]2)C1(CC)CC. The quantitative estimate of drug-likeness (QED) is 0.876. The molecule has 0 unspecified atom stereocenters. The summed E-state index contributed by atoms with van der Waals surface area (Å²) in [5.41, 5.74) is 0.569. The van der Waals surface area contributed by atoms with Gasteiger partial charge in [0.2, 0.25) is 5.95 Å². The fourth-order valence-electron chi connectivity index (χ4n) is 4.22. The van der Waals surface area contributed by atoms with Crippen molar-refractivity contribution in [1.82, 2.24) is 19.7 Å². The third-order valence-electron chi connectivity index (χ3n) is 5.82. The Hall–Kier alpha value is -1.89. The van der Waals surface area contributed by atoms with Gasteiger partial charge >= 0.3 is 0 Å². The number of fused-ring (bicyclic) bond motifs is 1. The Kier molecular flexibility index (Phi) is 4.38. The van der Waals surface area contributed by atoms with Crippen LogP contribution in [0.15, 0.2) is 11.0 Å². The Morgan fingerprint density at radius 1 is 1.42 bits per heavy atom. The molecule has 0 amide bonds. The molecule has 7 heteroatoms. The number of aromatic amines is 1. The van der Waals surface area contributed by atoms with Crippen LogP contribution in [0, 0.1) is 5.41 Å². The van der Waals surface area contributed by atoms with Crippen LogP contribution in [0.1, 0.15) is 40.0 Å². The Labute approximate surface area is 142 Å². The molecule has 0 saturated heterocycles. The second-order valence-corrected chi connectivity index (χ2v) is 6.64. The van der Waals surface area contributed by atoms with E-state index in [1.54, 1.807) is 17.9 Å². The lowest BCUT2D eigenvalue weighted by molar-refractivity contribution is -0.128. The lowest BCUT2D eigenvalue weighted by Crippen LogP contribution is -2.64. The minimum atomic E-state index is -0.144. The molecule has 2 atom stereocenters. The maximum atomic E-state index is 12.3. The molecular weight excluding hydrogens is 306 g/mol. The second-order valence-electron chi connectivity index (χ2n) is 6.64. The van der Waals surface area contributed by atoms with E-state index in [1.165, 1.54) is 0 Å². The average molecular weight is 333 g/mol. The predicted molar refractivity (Wildman–Crippen MR) is 94.4 cm³/mol. The zero-order chi connectivity index (χ0) is 17.5. The van der Waals surface area contributed by atoms with Crippen LogP contribution in [0.5, 0.6) is 0 Å². The number of hydrogen-bond donors (Lipinski definition) is 1. The number of anilines is 1. The van der Waals surface area contributed by atoms with Gasteiger partial charge in [-0.05, 0) is 26.2 Å². The van der Waals surface area contributed by atoms with Crippen LogP contribution in [0.2, 0.25) is 0 Å². The third-order valence-corrected chi connectivity index (χ3v) is 5.82. The number of nitrogens with zero attached hydrogens (tertiary/aromatic N) is 4. The summed E-state index contributed by atoms with van der Waals surface area (Å²) in [6.45, 7) is 7.22. The molecule has 3 rings (SSSR count). The highest BCUT2D eigenvalue weighted by molar-refractivity contribution is 5.74. The molecule has 1 saturated carbocycles. The van der Waals surface area contributed by atoms with Gasteiger partial charge in [-0.15, -0.1) is 0 Å². The van der Waals surface area contributed by atoms with Crippen LogP contribution < -0.4 is 10.5 Å². The number of ether oxygens (including phenoxy) is 1. The summed E-state index contributed by atoms with van der Waals surface area (Å²) in [5.74, 6) is 0.599. The van der Waals surface area contributed by atoms with Crippen molar-refractivity contribution in [2.75, 3.05) is 18.6 Å². The zero-order valence-corrected chi connectivity index (χ0v) is 15.2. The van der Waals surface area contributed by atoms with E-state index in [-0.39, 0.29) is 17.1 Å². The normalized spacial score (nSPS) is 22.5. The van der Waals surface area contributed by atoms with Crippen LogP contribution in [0.4, 0.5) is 5.95 Å². The molecule has 0 spiro atoms. The van der Waals surface area contributed by atoms with Crippen LogP contribution in [0.3, 0.4) is 0 Å². The molecule has 0 aromatic carbocycles. The first kappa shape index (κ1) is 17.0. The lowest BCUT2D eigenvalue weighted by Gasteiger charge is -2.58. The van der Waals surface area contributed by atoms with Crippen molar-refractivity contribution in [3.05, 3.63) is 16.6 Å². The number of H-pyrrole nitrogens is 1. The highest BCUT2D eigenvalue weighted by Crippen LogP contribution is 2.51. The molecule has 7 nitrogen and oxygen atoms in total. The third kappa shape index (κ3) is 2.33. The van der Waals surface area contributed by atoms with Crippen LogP contribution >= 0.6 is 0 Å². The first-order valence-corrected chi connectivity index (χ1v) is 8.74. The van der Waals surface area contributed by atoms with E-state index in [0.29, 0.717) is 23.0 Å². The van der Waals surface area contributed by atoms with Gasteiger partial charge in [0.1, 0.15) is 5.39 Å². The van der Waals surface area contributed by atoms with Crippen molar-refractivity contribution >= 4 is 17.0 Å². The minimum absolute atomic E-state index is 0.102. The van der Waals surface area contributed by atoms with Crippen molar-refractivity contribution in [2.45, 2.75) is 52.2 Å². The standard InChI is InChI=1S/C17H27N5O2/c1-6-17(7-2)12(9-13(17)24-8-3)21(4)16-19-14-11(15(23)20-16)10-18-22(14)5/h10,12-13H,6-9H2,1-5H3,(H,19,20,23)/t12-,13+/m0/s1. The first-order valence-electron chi connectivity index (χ1n) is 8.74. The van der Waals surface area contributed by atoms with Crippen molar-refractivity contribution < 1.29 is 4.74 Å². The fraction of sp³-hybridized carbons (Fsp3) is 0.706. The smallest absolute Gasteiger partial charge is 0.263 e. The van der Waals surface area contributed by atoms with Crippen LogP contribution in [0.25, 0.3) is 11.0 Å². The van der Waals surface area contributed by atoms with E-state index in [4.69, 9.17) is 4.74 Å². The van der Waals surface area contributed by atoms with Crippen LogP contribution in [-0.2, 0) is 11.8 Å². The van der Waals surface area contributed by atoms with Gasteiger partial charge < -0.3 is 9.64 Å². The average Bonchev–Trinajstić information content (AvgIpc) is 2.94. The number of hydrogen-bond acceptors (Lipinski definition) is 5. The Balaban J connectivity index is 1.95. The molecule has 132 valence electrons. The molecule has 2 aromatic heterocycles. The molecule has 1 N–H and O–H groups in total. The van der Waals surface area contributed by atoms with Gasteiger partial charge in [-0.1, -0.05) is 13.8 Å². The van der Waals surface area contributed by atoms with Gasteiger partial charge in [0, 0.05) is 32.2 Å². The summed E-state index contributed by atoms with van der Waals surface area (Å²) in [5, 5.41) is 4.65. The molecule has 2 aromatic rings. The molecule has 0 radical (unpaired) electrons. The molecule has 1 aliphatic carbocycles. The molecule has 0 aliphatic heterocycles. The highest BCUT2D eigenvalue weighted by Gasteiger charge is 2.55. The molecule has 1 aliphatic rings. The van der Waals surface area contributed by atoms with E-state index in [0.717, 1.165) is 25.9 Å². The summed E-state index contributed by atoms with van der Waals surface area (Å²) >= 11 is 0. The fourth-order valence-corrected chi connectivity index (χ4v) is 4.22. The summed E-state index contributed by atoms with van der Waals surface area (Å²) in [6.07, 6.45) is 4.88. The Morgan fingerprint density at radius 2 is 2.12 bits per heavy atom. The van der Waals surface area contributed by atoms with Gasteiger partial charge in [0.15, 0.2) is 5.65 Å². The number of rotatable bonds is 6. The van der Waals surface area contributed by atoms with Crippen molar-refractivity contribution in [1.29, 1.82) is 0 Å². The van der Waals surface area contributed by atoms with Crippen LogP contribution in [-0.4, -0.2) is 45.5 Å². The Bertz CT molecular complexity index is 777. The second kappa shape index (κ2) is 6.20. The Morgan fingerprint density at radius 3 is 2.75 bits per heavy atom.